The van der Waals surface area contributed by atoms with Gasteiger partial charge in [-0.15, -0.1) is 5.10 Å². The van der Waals surface area contributed by atoms with Gasteiger partial charge in [-0.1, -0.05) is 17.9 Å². The van der Waals surface area contributed by atoms with Crippen molar-refractivity contribution >= 4 is 11.6 Å². The first kappa shape index (κ1) is 8.72. The molecule has 3 aliphatic carbocycles. The lowest BCUT2D eigenvalue weighted by molar-refractivity contribution is 0.128. The SMILES string of the molecule is Clc1nnc(C2CC3CCC2CC3)o1. The monoisotopic (exact) mass is 212 g/mol. The molecule has 1 unspecified atom stereocenters. The third-order valence-electron chi connectivity index (χ3n) is 3.78. The standard InChI is InChI=1S/C10H13ClN2O/c11-10-13-12-9(14-10)8-5-6-1-3-7(8)4-2-6/h6-8H,1-5H2. The summed E-state index contributed by atoms with van der Waals surface area (Å²) in [6.07, 6.45) is 6.67. The average Bonchev–Trinajstić information content (AvgIpc) is 2.66. The van der Waals surface area contributed by atoms with Crippen LogP contribution in [0.5, 0.6) is 0 Å². The number of hydrogen-bond donors (Lipinski definition) is 0. The van der Waals surface area contributed by atoms with Crippen LogP contribution in [0.25, 0.3) is 0 Å². The van der Waals surface area contributed by atoms with Gasteiger partial charge in [0.15, 0.2) is 0 Å². The number of halogens is 1. The van der Waals surface area contributed by atoms with Crippen molar-refractivity contribution in [3.63, 3.8) is 0 Å². The van der Waals surface area contributed by atoms with Gasteiger partial charge in [0.25, 0.3) is 0 Å². The molecule has 14 heavy (non-hydrogen) atoms. The van der Waals surface area contributed by atoms with Crippen molar-refractivity contribution in [3.05, 3.63) is 11.2 Å². The summed E-state index contributed by atoms with van der Waals surface area (Å²) in [7, 11) is 0. The molecule has 0 N–H and O–H groups in total. The molecular formula is C10H13ClN2O. The van der Waals surface area contributed by atoms with Gasteiger partial charge in [-0.2, -0.15) is 0 Å². The van der Waals surface area contributed by atoms with E-state index in [1.54, 1.807) is 0 Å². The second-order valence-corrected chi connectivity index (χ2v) is 4.84. The maximum atomic E-state index is 5.64. The van der Waals surface area contributed by atoms with Crippen molar-refractivity contribution in [2.75, 3.05) is 0 Å². The summed E-state index contributed by atoms with van der Waals surface area (Å²) in [6.45, 7) is 0. The topological polar surface area (TPSA) is 38.9 Å². The molecule has 3 nitrogen and oxygen atoms in total. The van der Waals surface area contributed by atoms with Gasteiger partial charge in [0.05, 0.1) is 0 Å². The van der Waals surface area contributed by atoms with Gasteiger partial charge in [0.1, 0.15) is 0 Å². The molecule has 1 aromatic rings. The molecule has 0 spiro atoms. The Kier molecular flexibility index (Phi) is 2.01. The normalized spacial score (nSPS) is 36.2. The summed E-state index contributed by atoms with van der Waals surface area (Å²) in [5.74, 6) is 2.90. The van der Waals surface area contributed by atoms with E-state index in [4.69, 9.17) is 16.0 Å². The Morgan fingerprint density at radius 2 is 1.93 bits per heavy atom. The van der Waals surface area contributed by atoms with Crippen LogP contribution in [0.4, 0.5) is 0 Å². The molecular weight excluding hydrogens is 200 g/mol. The Labute approximate surface area is 87.8 Å². The Morgan fingerprint density at radius 1 is 1.14 bits per heavy atom. The fourth-order valence-electron chi connectivity index (χ4n) is 3.05. The summed E-state index contributed by atoms with van der Waals surface area (Å²) in [6, 6.07) is 0. The molecule has 3 saturated carbocycles. The van der Waals surface area contributed by atoms with Gasteiger partial charge >= 0.3 is 5.35 Å². The van der Waals surface area contributed by atoms with E-state index in [-0.39, 0.29) is 5.35 Å². The molecule has 1 aromatic heterocycles. The zero-order valence-electron chi connectivity index (χ0n) is 7.95. The zero-order valence-corrected chi connectivity index (χ0v) is 8.70. The summed E-state index contributed by atoms with van der Waals surface area (Å²) >= 11 is 5.64. The van der Waals surface area contributed by atoms with E-state index in [2.05, 4.69) is 10.2 Å². The molecule has 0 aliphatic heterocycles. The van der Waals surface area contributed by atoms with Crippen LogP contribution in [-0.4, -0.2) is 10.2 Å². The predicted molar refractivity (Wildman–Crippen MR) is 52.1 cm³/mol. The fraction of sp³-hybridized carbons (Fsp3) is 0.800. The smallest absolute Gasteiger partial charge is 0.312 e. The molecule has 4 heteroatoms. The van der Waals surface area contributed by atoms with E-state index in [9.17, 15) is 0 Å². The molecule has 2 bridgehead atoms. The minimum atomic E-state index is 0.182. The zero-order chi connectivity index (χ0) is 9.54. The Balaban J connectivity index is 1.85. The third kappa shape index (κ3) is 1.34. The minimum absolute atomic E-state index is 0.182. The fourth-order valence-corrected chi connectivity index (χ4v) is 3.16. The molecule has 4 rings (SSSR count). The quantitative estimate of drug-likeness (QED) is 0.718. The minimum Gasteiger partial charge on any atom is -0.412 e. The second-order valence-electron chi connectivity index (χ2n) is 4.52. The lowest BCUT2D eigenvalue weighted by Crippen LogP contribution is -2.29. The highest BCUT2D eigenvalue weighted by Gasteiger charge is 2.38. The Morgan fingerprint density at radius 3 is 2.43 bits per heavy atom. The van der Waals surface area contributed by atoms with Crippen molar-refractivity contribution in [2.45, 2.75) is 38.0 Å². The van der Waals surface area contributed by atoms with E-state index in [1.165, 1.54) is 32.1 Å². The van der Waals surface area contributed by atoms with E-state index in [1.807, 2.05) is 0 Å². The highest BCUT2D eigenvalue weighted by molar-refractivity contribution is 6.27. The summed E-state index contributed by atoms with van der Waals surface area (Å²) in [4.78, 5) is 0. The summed E-state index contributed by atoms with van der Waals surface area (Å²) in [5.41, 5.74) is 0. The van der Waals surface area contributed by atoms with Crippen molar-refractivity contribution in [1.82, 2.24) is 10.2 Å². The molecule has 0 saturated heterocycles. The van der Waals surface area contributed by atoms with Crippen LogP contribution in [0.1, 0.15) is 43.9 Å². The van der Waals surface area contributed by atoms with Crippen molar-refractivity contribution in [3.8, 4) is 0 Å². The average molecular weight is 213 g/mol. The number of fused-ring (bicyclic) bond motifs is 3. The van der Waals surface area contributed by atoms with Crippen LogP contribution in [0, 0.1) is 11.8 Å². The molecule has 76 valence electrons. The van der Waals surface area contributed by atoms with Crippen LogP contribution in [0.3, 0.4) is 0 Å². The van der Waals surface area contributed by atoms with Crippen molar-refractivity contribution in [2.24, 2.45) is 11.8 Å². The van der Waals surface area contributed by atoms with Crippen LogP contribution in [0.2, 0.25) is 5.35 Å². The van der Waals surface area contributed by atoms with Crippen LogP contribution < -0.4 is 0 Å². The van der Waals surface area contributed by atoms with Crippen LogP contribution in [0.15, 0.2) is 4.42 Å². The molecule has 0 aromatic carbocycles. The number of nitrogens with zero attached hydrogens (tertiary/aromatic N) is 2. The maximum Gasteiger partial charge on any atom is 0.312 e. The van der Waals surface area contributed by atoms with Gasteiger partial charge in [0.2, 0.25) is 5.89 Å². The van der Waals surface area contributed by atoms with Gasteiger partial charge in [0, 0.05) is 5.92 Å². The second kappa shape index (κ2) is 3.23. The van der Waals surface area contributed by atoms with Crippen LogP contribution >= 0.6 is 11.6 Å². The molecule has 0 radical (unpaired) electrons. The Bertz CT molecular complexity index is 331. The molecule has 0 amide bonds. The van der Waals surface area contributed by atoms with E-state index in [0.717, 1.165) is 17.7 Å². The predicted octanol–water partition coefficient (Wildman–Crippen LogP) is 3.02. The molecule has 3 aliphatic rings. The number of aromatic nitrogens is 2. The largest absolute Gasteiger partial charge is 0.412 e. The summed E-state index contributed by atoms with van der Waals surface area (Å²) < 4.78 is 5.32. The third-order valence-corrected chi connectivity index (χ3v) is 3.93. The lowest BCUT2D eigenvalue weighted by Gasteiger charge is -2.40. The van der Waals surface area contributed by atoms with E-state index in [0.29, 0.717) is 5.92 Å². The lowest BCUT2D eigenvalue weighted by atomic mass is 9.65. The first-order valence-corrected chi connectivity index (χ1v) is 5.69. The van der Waals surface area contributed by atoms with Gasteiger partial charge in [-0.05, 0) is 42.7 Å². The first-order chi connectivity index (χ1) is 6.83. The first-order valence-electron chi connectivity index (χ1n) is 5.32. The maximum absolute atomic E-state index is 5.64. The molecule has 1 heterocycles. The highest BCUT2D eigenvalue weighted by atomic mass is 35.5. The number of rotatable bonds is 1. The number of hydrogen-bond acceptors (Lipinski definition) is 3. The van der Waals surface area contributed by atoms with Crippen molar-refractivity contribution < 1.29 is 4.42 Å². The molecule has 1 atom stereocenters. The van der Waals surface area contributed by atoms with Gasteiger partial charge in [-0.25, -0.2) is 0 Å². The van der Waals surface area contributed by atoms with Gasteiger partial charge < -0.3 is 4.42 Å². The van der Waals surface area contributed by atoms with Gasteiger partial charge in [-0.3, -0.25) is 0 Å². The van der Waals surface area contributed by atoms with Crippen LogP contribution in [-0.2, 0) is 0 Å². The van der Waals surface area contributed by atoms with Crippen molar-refractivity contribution in [1.29, 1.82) is 0 Å². The van der Waals surface area contributed by atoms with E-state index >= 15 is 0 Å². The summed E-state index contributed by atoms with van der Waals surface area (Å²) in [5, 5.41) is 7.92. The molecule has 3 fully saturated rings. The van der Waals surface area contributed by atoms with E-state index < -0.39 is 0 Å². The highest BCUT2D eigenvalue weighted by Crippen LogP contribution is 2.49. The Hall–Kier alpha value is -0.570.